The van der Waals surface area contributed by atoms with Gasteiger partial charge in [-0.25, -0.2) is 5.43 Å². The number of fused-ring (bicyclic) bond motifs is 1. The summed E-state index contributed by atoms with van der Waals surface area (Å²) in [4.78, 5) is 14.1. The van der Waals surface area contributed by atoms with Crippen molar-refractivity contribution in [3.63, 3.8) is 0 Å². The van der Waals surface area contributed by atoms with Crippen molar-refractivity contribution in [1.29, 1.82) is 0 Å². The summed E-state index contributed by atoms with van der Waals surface area (Å²) in [5.41, 5.74) is 4.30. The molecule has 0 atom stereocenters. The molecule has 23 heavy (non-hydrogen) atoms. The van der Waals surface area contributed by atoms with Crippen LogP contribution in [-0.4, -0.2) is 49.4 Å². The molecule has 2 heterocycles. The van der Waals surface area contributed by atoms with Gasteiger partial charge in [0.25, 0.3) is 5.91 Å². The van der Waals surface area contributed by atoms with Crippen molar-refractivity contribution in [2.45, 2.75) is 26.2 Å². The normalized spacial score (nSPS) is 18.6. The van der Waals surface area contributed by atoms with Crippen LogP contribution in [0.15, 0.2) is 23.3 Å². The first-order valence-corrected chi connectivity index (χ1v) is 8.18. The highest BCUT2D eigenvalue weighted by molar-refractivity contribution is 5.99. The highest BCUT2D eigenvalue weighted by Crippen LogP contribution is 2.30. The average Bonchev–Trinajstić information content (AvgIpc) is 2.60. The van der Waals surface area contributed by atoms with Crippen LogP contribution in [0.25, 0.3) is 0 Å². The van der Waals surface area contributed by atoms with E-state index in [2.05, 4.69) is 15.4 Å². The van der Waals surface area contributed by atoms with Gasteiger partial charge in [-0.15, -0.1) is 0 Å². The molecule has 0 saturated carbocycles. The fourth-order valence-corrected chi connectivity index (χ4v) is 2.84. The Bertz CT molecular complexity index is 595. The van der Waals surface area contributed by atoms with Gasteiger partial charge < -0.3 is 9.47 Å². The fourth-order valence-electron chi connectivity index (χ4n) is 2.84. The number of likely N-dealkylation sites (tertiary alicyclic amines) is 1. The number of nitrogens with zero attached hydrogens (tertiary/aromatic N) is 2. The molecule has 0 spiro atoms. The maximum absolute atomic E-state index is 12.0. The summed E-state index contributed by atoms with van der Waals surface area (Å²) < 4.78 is 11.1. The standard InChI is InChI=1S/C17H23N3O3/c1-13(14-5-6-15-16(11-14)23-10-9-22-15)18-19-17(21)12-20-7-3-2-4-8-20/h5-6,11H,2-4,7-10,12H2,1H3,(H,19,21)/b18-13-. The maximum Gasteiger partial charge on any atom is 0.254 e. The molecule has 0 bridgehead atoms. The highest BCUT2D eigenvalue weighted by atomic mass is 16.6. The smallest absolute Gasteiger partial charge is 0.254 e. The third kappa shape index (κ3) is 4.22. The van der Waals surface area contributed by atoms with E-state index in [1.165, 1.54) is 19.3 Å². The van der Waals surface area contributed by atoms with Crippen molar-refractivity contribution in [3.05, 3.63) is 23.8 Å². The van der Waals surface area contributed by atoms with Crippen LogP contribution in [0.1, 0.15) is 31.7 Å². The number of piperidine rings is 1. The molecule has 1 saturated heterocycles. The third-order valence-electron chi connectivity index (χ3n) is 4.12. The first-order chi connectivity index (χ1) is 11.2. The van der Waals surface area contributed by atoms with E-state index in [0.29, 0.717) is 19.8 Å². The third-order valence-corrected chi connectivity index (χ3v) is 4.12. The molecule has 6 heteroatoms. The SMILES string of the molecule is C/C(=N/NC(=O)CN1CCCCC1)c1ccc2c(c1)OCCO2. The number of ether oxygens (including phenoxy) is 2. The van der Waals surface area contributed by atoms with Gasteiger partial charge in [0.05, 0.1) is 12.3 Å². The Morgan fingerprint density at radius 2 is 1.91 bits per heavy atom. The Kier molecular flexibility index (Phi) is 5.12. The van der Waals surface area contributed by atoms with Crippen molar-refractivity contribution in [2.24, 2.45) is 5.10 Å². The zero-order chi connectivity index (χ0) is 16.1. The number of amides is 1. The van der Waals surface area contributed by atoms with E-state index in [4.69, 9.17) is 9.47 Å². The van der Waals surface area contributed by atoms with Crippen molar-refractivity contribution in [1.82, 2.24) is 10.3 Å². The lowest BCUT2D eigenvalue weighted by Crippen LogP contribution is -2.38. The molecule has 1 amide bonds. The number of nitrogens with one attached hydrogen (secondary N) is 1. The van der Waals surface area contributed by atoms with Gasteiger partial charge in [0.2, 0.25) is 0 Å². The van der Waals surface area contributed by atoms with E-state index in [1.54, 1.807) is 0 Å². The number of carbonyl (C=O) groups is 1. The lowest BCUT2D eigenvalue weighted by molar-refractivity contribution is -0.122. The summed E-state index contributed by atoms with van der Waals surface area (Å²) >= 11 is 0. The van der Waals surface area contributed by atoms with Gasteiger partial charge in [-0.3, -0.25) is 9.69 Å². The summed E-state index contributed by atoms with van der Waals surface area (Å²) in [5.74, 6) is 1.41. The molecule has 3 rings (SSSR count). The Morgan fingerprint density at radius 1 is 1.17 bits per heavy atom. The van der Waals surface area contributed by atoms with Gasteiger partial charge in [-0.1, -0.05) is 6.42 Å². The summed E-state index contributed by atoms with van der Waals surface area (Å²) in [5, 5.41) is 4.20. The number of hydrogen-bond acceptors (Lipinski definition) is 5. The number of benzene rings is 1. The lowest BCUT2D eigenvalue weighted by atomic mass is 10.1. The molecule has 2 aliphatic rings. The van der Waals surface area contributed by atoms with Crippen LogP contribution in [0.5, 0.6) is 11.5 Å². The second kappa shape index (κ2) is 7.46. The van der Waals surface area contributed by atoms with E-state index in [0.717, 1.165) is 35.9 Å². The highest BCUT2D eigenvalue weighted by Gasteiger charge is 2.14. The Balaban J connectivity index is 1.57. The number of rotatable bonds is 4. The van der Waals surface area contributed by atoms with Gasteiger partial charge in [-0.2, -0.15) is 5.10 Å². The molecule has 0 aromatic heterocycles. The molecule has 0 unspecified atom stereocenters. The molecule has 0 radical (unpaired) electrons. The van der Waals surface area contributed by atoms with Crippen LogP contribution in [0.2, 0.25) is 0 Å². The minimum atomic E-state index is -0.0659. The quantitative estimate of drug-likeness (QED) is 0.679. The van der Waals surface area contributed by atoms with E-state index in [-0.39, 0.29) is 5.91 Å². The van der Waals surface area contributed by atoms with E-state index in [9.17, 15) is 4.79 Å². The molecule has 1 aromatic rings. The number of carbonyl (C=O) groups excluding carboxylic acids is 1. The van der Waals surface area contributed by atoms with Gasteiger partial charge >= 0.3 is 0 Å². The van der Waals surface area contributed by atoms with Crippen LogP contribution in [0, 0.1) is 0 Å². The first-order valence-electron chi connectivity index (χ1n) is 8.18. The minimum absolute atomic E-state index is 0.0659. The topological polar surface area (TPSA) is 63.2 Å². The zero-order valence-corrected chi connectivity index (χ0v) is 13.5. The largest absolute Gasteiger partial charge is 0.486 e. The fraction of sp³-hybridized carbons (Fsp3) is 0.529. The molecule has 2 aliphatic heterocycles. The predicted molar refractivity (Wildman–Crippen MR) is 88.1 cm³/mol. The molecule has 1 aromatic carbocycles. The van der Waals surface area contributed by atoms with Gasteiger partial charge in [0, 0.05) is 5.56 Å². The van der Waals surface area contributed by atoms with Gasteiger partial charge in [0.15, 0.2) is 11.5 Å². The summed E-state index contributed by atoms with van der Waals surface area (Å²) in [7, 11) is 0. The molecule has 1 N–H and O–H groups in total. The predicted octanol–water partition coefficient (Wildman–Crippen LogP) is 1.78. The van der Waals surface area contributed by atoms with E-state index in [1.807, 2.05) is 25.1 Å². The maximum atomic E-state index is 12.0. The number of hydrogen-bond donors (Lipinski definition) is 1. The van der Waals surface area contributed by atoms with Crippen LogP contribution in [-0.2, 0) is 4.79 Å². The van der Waals surface area contributed by atoms with Crippen LogP contribution in [0.4, 0.5) is 0 Å². The Hall–Kier alpha value is -2.08. The van der Waals surface area contributed by atoms with Crippen LogP contribution >= 0.6 is 0 Å². The zero-order valence-electron chi connectivity index (χ0n) is 13.5. The Morgan fingerprint density at radius 3 is 2.70 bits per heavy atom. The van der Waals surface area contributed by atoms with Crippen molar-refractivity contribution >= 4 is 11.6 Å². The van der Waals surface area contributed by atoms with Crippen LogP contribution in [0.3, 0.4) is 0 Å². The second-order valence-corrected chi connectivity index (χ2v) is 5.93. The monoisotopic (exact) mass is 317 g/mol. The molecule has 1 fully saturated rings. The van der Waals surface area contributed by atoms with Crippen molar-refractivity contribution < 1.29 is 14.3 Å². The van der Waals surface area contributed by atoms with E-state index < -0.39 is 0 Å². The Labute approximate surface area is 136 Å². The van der Waals surface area contributed by atoms with Crippen LogP contribution < -0.4 is 14.9 Å². The minimum Gasteiger partial charge on any atom is -0.486 e. The molecular formula is C17H23N3O3. The van der Waals surface area contributed by atoms with Gasteiger partial charge in [-0.05, 0) is 51.1 Å². The van der Waals surface area contributed by atoms with E-state index >= 15 is 0 Å². The summed E-state index contributed by atoms with van der Waals surface area (Å²) in [6.07, 6.45) is 3.61. The van der Waals surface area contributed by atoms with Crippen molar-refractivity contribution in [2.75, 3.05) is 32.8 Å². The number of hydrazone groups is 1. The second-order valence-electron chi connectivity index (χ2n) is 5.93. The molecule has 0 aliphatic carbocycles. The average molecular weight is 317 g/mol. The van der Waals surface area contributed by atoms with Gasteiger partial charge in [0.1, 0.15) is 13.2 Å². The first kappa shape index (κ1) is 15.8. The lowest BCUT2D eigenvalue weighted by Gasteiger charge is -2.25. The van der Waals surface area contributed by atoms with Crippen molar-refractivity contribution in [3.8, 4) is 11.5 Å². The molecule has 6 nitrogen and oxygen atoms in total. The summed E-state index contributed by atoms with van der Waals surface area (Å²) in [6, 6.07) is 5.69. The molecular weight excluding hydrogens is 294 g/mol. The summed E-state index contributed by atoms with van der Waals surface area (Å²) in [6.45, 7) is 5.41. The molecule has 124 valence electrons.